The monoisotopic (exact) mass is 527 g/mol. The number of alkyl halides is 3. The Morgan fingerprint density at radius 3 is 2.31 bits per heavy atom. The van der Waals surface area contributed by atoms with Crippen LogP contribution in [0.25, 0.3) is 0 Å². The van der Waals surface area contributed by atoms with Crippen LogP contribution in [0.2, 0.25) is 0 Å². The van der Waals surface area contributed by atoms with Crippen molar-refractivity contribution in [3.8, 4) is 11.5 Å². The fourth-order valence-electron chi connectivity index (χ4n) is 4.61. The first-order valence-corrected chi connectivity index (χ1v) is 11.4. The highest BCUT2D eigenvalue weighted by Gasteiger charge is 2.33. The van der Waals surface area contributed by atoms with Gasteiger partial charge in [-0.1, -0.05) is 18.2 Å². The fourth-order valence-corrected chi connectivity index (χ4v) is 4.61. The largest absolute Gasteiger partial charge is 0.493 e. The second-order valence-corrected chi connectivity index (χ2v) is 8.79. The number of benzene rings is 2. The minimum absolute atomic E-state index is 0. The molecule has 0 saturated carbocycles. The number of nitrogens with one attached hydrogen (secondary N) is 1. The maximum absolute atomic E-state index is 13.0. The third-order valence-corrected chi connectivity index (χ3v) is 6.45. The number of Topliss-reactive ketones (excluding diaryl/α,β-unsaturated/α-hetero) is 1. The Morgan fingerprint density at radius 2 is 1.67 bits per heavy atom. The van der Waals surface area contributed by atoms with E-state index in [0.29, 0.717) is 60.9 Å². The van der Waals surface area contributed by atoms with E-state index >= 15 is 0 Å². The van der Waals surface area contributed by atoms with Crippen LogP contribution >= 0.6 is 12.4 Å². The summed E-state index contributed by atoms with van der Waals surface area (Å²) in [5, 5.41) is 2.96. The predicted molar refractivity (Wildman–Crippen MR) is 130 cm³/mol. The fraction of sp³-hybridized carbons (Fsp3) is 0.440. The number of hydrogen-bond donors (Lipinski definition) is 1. The Hall–Kier alpha value is -2.82. The molecule has 1 amide bonds. The van der Waals surface area contributed by atoms with Gasteiger partial charge in [-0.15, -0.1) is 12.4 Å². The van der Waals surface area contributed by atoms with E-state index in [1.54, 1.807) is 18.2 Å². The molecular weight excluding hydrogens is 499 g/mol. The molecule has 1 unspecified atom stereocenters. The first kappa shape index (κ1) is 27.8. The van der Waals surface area contributed by atoms with E-state index in [2.05, 4.69) is 10.2 Å². The number of carbonyl (C=O) groups excluding carboxylic acids is 2. The summed E-state index contributed by atoms with van der Waals surface area (Å²) in [7, 11) is 3.02. The highest BCUT2D eigenvalue weighted by atomic mass is 35.5. The van der Waals surface area contributed by atoms with E-state index in [1.165, 1.54) is 26.4 Å². The molecule has 0 aromatic heterocycles. The van der Waals surface area contributed by atoms with Gasteiger partial charge in [-0.05, 0) is 29.3 Å². The number of amides is 1. The summed E-state index contributed by atoms with van der Waals surface area (Å²) in [4.78, 5) is 29.3. The quantitative estimate of drug-likeness (QED) is 0.592. The summed E-state index contributed by atoms with van der Waals surface area (Å²) in [6.07, 6.45) is -4.17. The molecule has 11 heteroatoms. The van der Waals surface area contributed by atoms with E-state index in [-0.39, 0.29) is 37.1 Å². The summed E-state index contributed by atoms with van der Waals surface area (Å²) < 4.78 is 49.5. The average Bonchev–Trinajstić information content (AvgIpc) is 3.13. The number of rotatable bonds is 7. The SMILES string of the molecule is COc1cc2c(cc1OC)C(NC(=O)CN1CCN(Cc3cccc(C(F)(F)F)c3)CC1)CC2=O.Cl. The number of hydrogen-bond acceptors (Lipinski definition) is 6. The van der Waals surface area contributed by atoms with Crippen molar-refractivity contribution in [1.82, 2.24) is 15.1 Å². The van der Waals surface area contributed by atoms with Crippen molar-refractivity contribution in [2.45, 2.75) is 25.2 Å². The van der Waals surface area contributed by atoms with Crippen molar-refractivity contribution in [3.05, 3.63) is 58.7 Å². The number of nitrogens with zero attached hydrogens (tertiary/aromatic N) is 2. The van der Waals surface area contributed by atoms with Gasteiger partial charge in [0.05, 0.1) is 32.4 Å². The van der Waals surface area contributed by atoms with Crippen molar-refractivity contribution in [2.24, 2.45) is 0 Å². The minimum Gasteiger partial charge on any atom is -0.493 e. The normalized spacial score (nSPS) is 18.4. The summed E-state index contributed by atoms with van der Waals surface area (Å²) in [5.74, 6) is 0.720. The van der Waals surface area contributed by atoms with Crippen LogP contribution in [0, 0.1) is 0 Å². The molecule has 1 aliphatic heterocycles. The van der Waals surface area contributed by atoms with Crippen molar-refractivity contribution in [3.63, 3.8) is 0 Å². The van der Waals surface area contributed by atoms with Gasteiger partial charge in [-0.3, -0.25) is 19.4 Å². The lowest BCUT2D eigenvalue weighted by Gasteiger charge is -2.34. The molecule has 7 nitrogen and oxygen atoms in total. The van der Waals surface area contributed by atoms with Crippen molar-refractivity contribution < 1.29 is 32.2 Å². The van der Waals surface area contributed by atoms with Crippen LogP contribution in [0.1, 0.15) is 39.5 Å². The molecule has 0 radical (unpaired) electrons. The molecule has 36 heavy (non-hydrogen) atoms. The van der Waals surface area contributed by atoms with Crippen LogP contribution in [-0.2, 0) is 17.5 Å². The molecule has 2 aromatic carbocycles. The number of halogens is 4. The first-order chi connectivity index (χ1) is 16.7. The molecule has 1 heterocycles. The van der Waals surface area contributed by atoms with Crippen LogP contribution < -0.4 is 14.8 Å². The molecule has 1 aliphatic carbocycles. The van der Waals surface area contributed by atoms with E-state index < -0.39 is 17.8 Å². The molecule has 4 rings (SSSR count). The Labute approximate surface area is 213 Å². The zero-order valence-electron chi connectivity index (χ0n) is 20.1. The summed E-state index contributed by atoms with van der Waals surface area (Å²) in [5.41, 5.74) is 1.21. The van der Waals surface area contributed by atoms with Gasteiger partial charge in [0.15, 0.2) is 17.3 Å². The van der Waals surface area contributed by atoms with Crippen molar-refractivity contribution in [1.29, 1.82) is 0 Å². The van der Waals surface area contributed by atoms with Gasteiger partial charge in [0.2, 0.25) is 5.91 Å². The number of methoxy groups -OCH3 is 2. The topological polar surface area (TPSA) is 71.1 Å². The zero-order valence-corrected chi connectivity index (χ0v) is 20.9. The standard InChI is InChI=1S/C25H28F3N3O4.ClH/c1-34-22-11-18-19(12-23(22)35-2)21(32)13-20(18)29-24(33)15-31-8-6-30(7-9-31)14-16-4-3-5-17(10-16)25(26,27)28;/h3-5,10-12,20H,6-9,13-15H2,1-2H3,(H,29,33);1H. The van der Waals surface area contributed by atoms with Crippen molar-refractivity contribution in [2.75, 3.05) is 46.9 Å². The molecule has 1 saturated heterocycles. The molecule has 196 valence electrons. The van der Waals surface area contributed by atoms with E-state index in [0.717, 1.165) is 6.07 Å². The van der Waals surface area contributed by atoms with Crippen LogP contribution in [0.4, 0.5) is 13.2 Å². The molecule has 1 fully saturated rings. The van der Waals surface area contributed by atoms with Crippen LogP contribution in [0.5, 0.6) is 11.5 Å². The van der Waals surface area contributed by atoms with Crippen LogP contribution in [0.3, 0.4) is 0 Å². The van der Waals surface area contributed by atoms with E-state index in [9.17, 15) is 22.8 Å². The van der Waals surface area contributed by atoms with Gasteiger partial charge in [-0.25, -0.2) is 0 Å². The molecule has 2 aliphatic rings. The third kappa shape index (κ3) is 6.29. The zero-order chi connectivity index (χ0) is 25.2. The highest BCUT2D eigenvalue weighted by Crippen LogP contribution is 2.39. The lowest BCUT2D eigenvalue weighted by molar-refractivity contribution is -0.137. The first-order valence-electron chi connectivity index (χ1n) is 11.4. The Balaban J connectivity index is 0.00000361. The molecular formula is C25H29ClF3N3O4. The minimum atomic E-state index is -4.36. The third-order valence-electron chi connectivity index (χ3n) is 6.45. The molecule has 2 aromatic rings. The summed E-state index contributed by atoms with van der Waals surface area (Å²) >= 11 is 0. The van der Waals surface area contributed by atoms with Crippen LogP contribution in [0.15, 0.2) is 36.4 Å². The maximum atomic E-state index is 13.0. The van der Waals surface area contributed by atoms with E-state index in [4.69, 9.17) is 9.47 Å². The predicted octanol–water partition coefficient (Wildman–Crippen LogP) is 3.71. The molecule has 1 N–H and O–H groups in total. The number of carbonyl (C=O) groups is 2. The highest BCUT2D eigenvalue weighted by molar-refractivity contribution is 6.02. The summed E-state index contributed by atoms with van der Waals surface area (Å²) in [6, 6.07) is 8.33. The lowest BCUT2D eigenvalue weighted by Crippen LogP contribution is -2.49. The Bertz CT molecular complexity index is 1100. The van der Waals surface area contributed by atoms with Crippen molar-refractivity contribution >= 4 is 24.1 Å². The summed E-state index contributed by atoms with van der Waals surface area (Å²) in [6.45, 7) is 3.15. The van der Waals surface area contributed by atoms with Crippen LogP contribution in [-0.4, -0.2) is 68.4 Å². The van der Waals surface area contributed by atoms with Gasteiger partial charge < -0.3 is 14.8 Å². The van der Waals surface area contributed by atoms with Gasteiger partial charge in [0.25, 0.3) is 0 Å². The van der Waals surface area contributed by atoms with Gasteiger partial charge in [0, 0.05) is 44.7 Å². The molecule has 1 atom stereocenters. The van der Waals surface area contributed by atoms with Gasteiger partial charge >= 0.3 is 6.18 Å². The number of fused-ring (bicyclic) bond motifs is 1. The van der Waals surface area contributed by atoms with Gasteiger partial charge in [-0.2, -0.15) is 13.2 Å². The smallest absolute Gasteiger partial charge is 0.416 e. The lowest BCUT2D eigenvalue weighted by atomic mass is 10.1. The number of ketones is 1. The van der Waals surface area contributed by atoms with Gasteiger partial charge in [0.1, 0.15) is 0 Å². The van der Waals surface area contributed by atoms with E-state index in [1.807, 2.05) is 4.90 Å². The maximum Gasteiger partial charge on any atom is 0.416 e. The average molecular weight is 528 g/mol. The molecule has 0 spiro atoms. The number of ether oxygens (including phenoxy) is 2. The second kappa shape index (κ2) is 11.5. The second-order valence-electron chi connectivity index (χ2n) is 8.79. The Kier molecular flexibility index (Phi) is 8.86. The molecule has 0 bridgehead atoms. The number of piperazine rings is 1. The Morgan fingerprint density at radius 1 is 1.03 bits per heavy atom.